The molecule has 112 valence electrons. The minimum Gasteiger partial charge on any atom is -0.384 e. The average Bonchev–Trinajstić information content (AvgIpc) is 2.46. The quantitative estimate of drug-likeness (QED) is 0.767. The van der Waals surface area contributed by atoms with E-state index in [2.05, 4.69) is 22.5 Å². The van der Waals surface area contributed by atoms with Gasteiger partial charge in [0.2, 0.25) is 5.91 Å². The molecule has 0 aliphatic rings. The van der Waals surface area contributed by atoms with Crippen LogP contribution in [0.5, 0.6) is 0 Å². The van der Waals surface area contributed by atoms with E-state index < -0.39 is 0 Å². The van der Waals surface area contributed by atoms with E-state index >= 15 is 0 Å². The van der Waals surface area contributed by atoms with E-state index in [4.69, 9.17) is 0 Å². The number of nitrogens with zero attached hydrogens (tertiary/aromatic N) is 2. The molecule has 1 aromatic rings. The van der Waals surface area contributed by atoms with Crippen molar-refractivity contribution < 1.29 is 4.79 Å². The largest absolute Gasteiger partial charge is 0.384 e. The zero-order valence-electron chi connectivity index (χ0n) is 12.9. The Morgan fingerprint density at radius 1 is 1.25 bits per heavy atom. The standard InChI is InChI=1S/C15H26N4O/c1-5-8-17-13-9-14(11-16-10-13)18-12(4)15(20)19(6-2)7-3/h9-12,17-18H,5-8H2,1-4H3. The molecular formula is C15H26N4O. The van der Waals surface area contributed by atoms with Crippen LogP contribution in [-0.4, -0.2) is 41.5 Å². The second kappa shape index (κ2) is 8.40. The second-order valence-corrected chi connectivity index (χ2v) is 4.77. The van der Waals surface area contributed by atoms with E-state index in [1.807, 2.05) is 31.7 Å². The molecule has 1 heterocycles. The molecule has 5 heteroatoms. The van der Waals surface area contributed by atoms with Gasteiger partial charge in [-0.2, -0.15) is 0 Å². The molecule has 0 fully saturated rings. The van der Waals surface area contributed by atoms with Gasteiger partial charge in [0.1, 0.15) is 6.04 Å². The third-order valence-electron chi connectivity index (χ3n) is 3.15. The molecule has 20 heavy (non-hydrogen) atoms. The maximum Gasteiger partial charge on any atom is 0.244 e. The number of pyridine rings is 1. The Kier molecular flexibility index (Phi) is 6.84. The van der Waals surface area contributed by atoms with E-state index in [9.17, 15) is 4.79 Å². The van der Waals surface area contributed by atoms with Crippen LogP contribution in [-0.2, 0) is 4.79 Å². The lowest BCUT2D eigenvalue weighted by atomic mass is 10.2. The maximum atomic E-state index is 12.2. The van der Waals surface area contributed by atoms with Crippen molar-refractivity contribution in [2.75, 3.05) is 30.3 Å². The molecule has 5 nitrogen and oxygen atoms in total. The number of hydrogen-bond acceptors (Lipinski definition) is 4. The second-order valence-electron chi connectivity index (χ2n) is 4.77. The number of hydrogen-bond donors (Lipinski definition) is 2. The fourth-order valence-electron chi connectivity index (χ4n) is 2.01. The lowest BCUT2D eigenvalue weighted by Crippen LogP contribution is -2.41. The van der Waals surface area contributed by atoms with Crippen molar-refractivity contribution >= 4 is 17.3 Å². The number of aromatic nitrogens is 1. The smallest absolute Gasteiger partial charge is 0.244 e. The summed E-state index contributed by atoms with van der Waals surface area (Å²) in [6.07, 6.45) is 4.59. The molecule has 0 aliphatic heterocycles. The number of rotatable bonds is 8. The molecule has 0 bridgehead atoms. The number of amides is 1. The van der Waals surface area contributed by atoms with Gasteiger partial charge >= 0.3 is 0 Å². The monoisotopic (exact) mass is 278 g/mol. The van der Waals surface area contributed by atoms with Crippen molar-refractivity contribution in [1.29, 1.82) is 0 Å². The summed E-state index contributed by atoms with van der Waals surface area (Å²) in [6.45, 7) is 10.4. The number of anilines is 2. The number of nitrogens with one attached hydrogen (secondary N) is 2. The van der Waals surface area contributed by atoms with Crippen molar-refractivity contribution in [3.63, 3.8) is 0 Å². The summed E-state index contributed by atoms with van der Waals surface area (Å²) < 4.78 is 0. The summed E-state index contributed by atoms with van der Waals surface area (Å²) in [5.41, 5.74) is 1.83. The predicted molar refractivity (Wildman–Crippen MR) is 84.0 cm³/mol. The lowest BCUT2D eigenvalue weighted by Gasteiger charge is -2.24. The van der Waals surface area contributed by atoms with E-state index in [1.54, 1.807) is 12.4 Å². The van der Waals surface area contributed by atoms with Gasteiger partial charge in [-0.25, -0.2) is 0 Å². The van der Waals surface area contributed by atoms with Crippen LogP contribution in [0.3, 0.4) is 0 Å². The molecular weight excluding hydrogens is 252 g/mol. The number of likely N-dealkylation sites (N-methyl/N-ethyl adjacent to an activating group) is 1. The summed E-state index contributed by atoms with van der Waals surface area (Å²) in [5, 5.41) is 6.50. The zero-order valence-corrected chi connectivity index (χ0v) is 12.9. The summed E-state index contributed by atoms with van der Waals surface area (Å²) in [6, 6.07) is 1.73. The highest BCUT2D eigenvalue weighted by atomic mass is 16.2. The topological polar surface area (TPSA) is 57.3 Å². The molecule has 0 saturated heterocycles. The molecule has 0 aromatic carbocycles. The van der Waals surface area contributed by atoms with Gasteiger partial charge in [-0.1, -0.05) is 6.92 Å². The van der Waals surface area contributed by atoms with Gasteiger partial charge < -0.3 is 15.5 Å². The highest BCUT2D eigenvalue weighted by Crippen LogP contribution is 2.14. The molecule has 1 atom stereocenters. The third-order valence-corrected chi connectivity index (χ3v) is 3.15. The number of carbonyl (C=O) groups excluding carboxylic acids is 1. The summed E-state index contributed by atoms with van der Waals surface area (Å²) in [5.74, 6) is 0.113. The zero-order chi connectivity index (χ0) is 15.0. The fraction of sp³-hybridized carbons (Fsp3) is 0.600. The van der Waals surface area contributed by atoms with Crippen molar-refractivity contribution in [2.45, 2.75) is 40.2 Å². The molecule has 0 saturated carbocycles. The highest BCUT2D eigenvalue weighted by Gasteiger charge is 2.17. The van der Waals surface area contributed by atoms with Crippen molar-refractivity contribution in [3.8, 4) is 0 Å². The van der Waals surface area contributed by atoms with Gasteiger partial charge in [0, 0.05) is 19.6 Å². The van der Waals surface area contributed by atoms with Crippen molar-refractivity contribution in [3.05, 3.63) is 18.5 Å². The van der Waals surface area contributed by atoms with Crippen molar-refractivity contribution in [1.82, 2.24) is 9.88 Å². The normalized spacial score (nSPS) is 11.8. The first-order chi connectivity index (χ1) is 9.62. The van der Waals surface area contributed by atoms with E-state index in [0.717, 1.165) is 37.4 Å². The summed E-state index contributed by atoms with van der Waals surface area (Å²) in [7, 11) is 0. The molecule has 1 amide bonds. The van der Waals surface area contributed by atoms with Gasteiger partial charge in [-0.3, -0.25) is 9.78 Å². The lowest BCUT2D eigenvalue weighted by molar-refractivity contribution is -0.131. The van der Waals surface area contributed by atoms with Gasteiger partial charge in [0.05, 0.1) is 23.8 Å². The van der Waals surface area contributed by atoms with Crippen LogP contribution in [0.25, 0.3) is 0 Å². The predicted octanol–water partition coefficient (Wildman–Crippen LogP) is 2.57. The van der Waals surface area contributed by atoms with E-state index in [-0.39, 0.29) is 11.9 Å². The van der Waals surface area contributed by atoms with Crippen LogP contribution in [0.4, 0.5) is 11.4 Å². The SMILES string of the molecule is CCCNc1cncc(NC(C)C(=O)N(CC)CC)c1. The Morgan fingerprint density at radius 3 is 2.50 bits per heavy atom. The Bertz CT molecular complexity index is 418. The molecule has 1 aromatic heterocycles. The van der Waals surface area contributed by atoms with Crippen LogP contribution in [0.2, 0.25) is 0 Å². The Labute approximate surface area is 121 Å². The first kappa shape index (κ1) is 16.3. The Morgan fingerprint density at radius 2 is 1.90 bits per heavy atom. The van der Waals surface area contributed by atoms with Gasteiger partial charge in [0.15, 0.2) is 0 Å². The van der Waals surface area contributed by atoms with Crippen LogP contribution in [0.15, 0.2) is 18.5 Å². The van der Waals surface area contributed by atoms with Crippen LogP contribution in [0.1, 0.15) is 34.1 Å². The van der Waals surface area contributed by atoms with Crippen LogP contribution in [0, 0.1) is 0 Å². The van der Waals surface area contributed by atoms with E-state index in [1.165, 1.54) is 0 Å². The highest BCUT2D eigenvalue weighted by molar-refractivity contribution is 5.84. The van der Waals surface area contributed by atoms with Crippen LogP contribution >= 0.6 is 0 Å². The number of carbonyl (C=O) groups is 1. The minimum absolute atomic E-state index is 0.113. The summed E-state index contributed by atoms with van der Waals surface area (Å²) >= 11 is 0. The van der Waals surface area contributed by atoms with Crippen LogP contribution < -0.4 is 10.6 Å². The summed E-state index contributed by atoms with van der Waals surface area (Å²) in [4.78, 5) is 18.2. The molecule has 0 spiro atoms. The van der Waals surface area contributed by atoms with E-state index in [0.29, 0.717) is 0 Å². The minimum atomic E-state index is -0.252. The Hall–Kier alpha value is -1.78. The molecule has 2 N–H and O–H groups in total. The Balaban J connectivity index is 2.65. The first-order valence-corrected chi connectivity index (χ1v) is 7.36. The first-order valence-electron chi connectivity index (χ1n) is 7.36. The van der Waals surface area contributed by atoms with Crippen molar-refractivity contribution in [2.24, 2.45) is 0 Å². The van der Waals surface area contributed by atoms with Gasteiger partial charge in [-0.05, 0) is 33.3 Å². The molecule has 0 aliphatic carbocycles. The molecule has 1 rings (SSSR count). The maximum absolute atomic E-state index is 12.2. The average molecular weight is 278 g/mol. The fourth-order valence-corrected chi connectivity index (χ4v) is 2.01. The molecule has 0 radical (unpaired) electrons. The van der Waals surface area contributed by atoms with Gasteiger partial charge in [-0.15, -0.1) is 0 Å². The third kappa shape index (κ3) is 4.72. The van der Waals surface area contributed by atoms with Gasteiger partial charge in [0.25, 0.3) is 0 Å². The molecule has 1 unspecified atom stereocenters.